The van der Waals surface area contributed by atoms with Gasteiger partial charge in [-0.05, 0) is 25.5 Å². The molecule has 1 saturated heterocycles. The molecule has 1 aromatic carbocycles. The first-order valence-electron chi connectivity index (χ1n) is 9.67. The van der Waals surface area contributed by atoms with Crippen molar-refractivity contribution in [2.24, 2.45) is 4.99 Å². The lowest BCUT2D eigenvalue weighted by Crippen LogP contribution is -2.43. The summed E-state index contributed by atoms with van der Waals surface area (Å²) in [6.07, 6.45) is 5.61. The zero-order valence-corrected chi connectivity index (χ0v) is 15.9. The van der Waals surface area contributed by atoms with E-state index in [4.69, 9.17) is 0 Å². The lowest BCUT2D eigenvalue weighted by atomic mass is 10.2. The highest BCUT2D eigenvalue weighted by Crippen LogP contribution is 2.18. The van der Waals surface area contributed by atoms with Crippen LogP contribution < -0.4 is 10.6 Å². The molecule has 27 heavy (non-hydrogen) atoms. The van der Waals surface area contributed by atoms with E-state index in [-0.39, 0.29) is 17.2 Å². The Labute approximate surface area is 160 Å². The molecule has 146 valence electrons. The number of phenolic OH excluding ortho intramolecular Hbond substituents is 1. The van der Waals surface area contributed by atoms with Gasteiger partial charge in [-0.1, -0.05) is 24.3 Å². The molecular weight excluding hydrogens is 342 g/mol. The molecule has 0 bridgehead atoms. The van der Waals surface area contributed by atoms with Crippen molar-refractivity contribution in [3.05, 3.63) is 42.0 Å². The van der Waals surface area contributed by atoms with Gasteiger partial charge in [0.1, 0.15) is 5.75 Å². The predicted octanol–water partition coefficient (Wildman–Crippen LogP) is 1.03. The quantitative estimate of drug-likeness (QED) is 0.301. The molecule has 1 fully saturated rings. The van der Waals surface area contributed by atoms with Crippen LogP contribution in [0.15, 0.2) is 41.4 Å². The topological polar surface area (TPSA) is 80.2 Å². The maximum Gasteiger partial charge on any atom is 0.255 e. The summed E-state index contributed by atoms with van der Waals surface area (Å²) in [6, 6.07) is 7.12. The van der Waals surface area contributed by atoms with Gasteiger partial charge in [0.25, 0.3) is 5.91 Å². The summed E-state index contributed by atoms with van der Waals surface area (Å²) in [6.45, 7) is 7.87. The first-order chi connectivity index (χ1) is 13.2. The van der Waals surface area contributed by atoms with E-state index in [1.165, 1.54) is 6.07 Å². The van der Waals surface area contributed by atoms with E-state index >= 15 is 0 Å². The third-order valence-corrected chi connectivity index (χ3v) is 4.97. The maximum atomic E-state index is 12.1. The Balaban J connectivity index is 1.49. The number of aliphatic imine (C=N–C) groups is 1. The zero-order chi connectivity index (χ0) is 19.1. The van der Waals surface area contributed by atoms with Gasteiger partial charge < -0.3 is 20.6 Å². The number of phenols is 1. The molecule has 7 heteroatoms. The minimum absolute atomic E-state index is 0.00801. The minimum Gasteiger partial charge on any atom is -0.507 e. The number of nitrogens with zero attached hydrogens (tertiary/aromatic N) is 3. The highest BCUT2D eigenvalue weighted by molar-refractivity contribution is 5.96. The van der Waals surface area contributed by atoms with E-state index in [0.717, 1.165) is 45.1 Å². The van der Waals surface area contributed by atoms with Crippen LogP contribution in [-0.4, -0.2) is 78.6 Å². The second-order valence-corrected chi connectivity index (χ2v) is 6.82. The fourth-order valence-electron chi connectivity index (χ4n) is 3.54. The third-order valence-electron chi connectivity index (χ3n) is 4.97. The van der Waals surface area contributed by atoms with Gasteiger partial charge in [-0.25, -0.2) is 0 Å². The number of amides is 1. The number of carbonyl (C=O) groups is 1. The number of para-hydroxylation sites is 1. The van der Waals surface area contributed by atoms with Crippen molar-refractivity contribution in [2.75, 3.05) is 45.8 Å². The Bertz CT molecular complexity index is 695. The summed E-state index contributed by atoms with van der Waals surface area (Å²) in [4.78, 5) is 21.6. The van der Waals surface area contributed by atoms with Crippen molar-refractivity contribution in [2.45, 2.75) is 19.4 Å². The first kappa shape index (κ1) is 19.2. The SMILES string of the molecule is CCNC(=NCCNC(=O)c1ccccc1O)N1CCC(N2CC=CC2)C1. The van der Waals surface area contributed by atoms with Crippen molar-refractivity contribution in [1.82, 2.24) is 20.4 Å². The van der Waals surface area contributed by atoms with Crippen LogP contribution in [0.1, 0.15) is 23.7 Å². The van der Waals surface area contributed by atoms with Crippen molar-refractivity contribution >= 4 is 11.9 Å². The molecule has 2 aliphatic heterocycles. The predicted molar refractivity (Wildman–Crippen MR) is 107 cm³/mol. The van der Waals surface area contributed by atoms with E-state index < -0.39 is 0 Å². The van der Waals surface area contributed by atoms with Crippen LogP contribution in [0.25, 0.3) is 0 Å². The Morgan fingerprint density at radius 1 is 1.26 bits per heavy atom. The smallest absolute Gasteiger partial charge is 0.255 e. The van der Waals surface area contributed by atoms with Gasteiger partial charge in [-0.3, -0.25) is 14.7 Å². The Hall–Kier alpha value is -2.54. The number of guanidine groups is 1. The molecule has 3 N–H and O–H groups in total. The molecule has 3 rings (SSSR count). The van der Waals surface area contributed by atoms with Gasteiger partial charge in [0.15, 0.2) is 5.96 Å². The normalized spacial score (nSPS) is 20.3. The van der Waals surface area contributed by atoms with Crippen molar-refractivity contribution in [3.63, 3.8) is 0 Å². The number of hydrogen-bond acceptors (Lipinski definition) is 4. The van der Waals surface area contributed by atoms with Gasteiger partial charge in [0.2, 0.25) is 0 Å². The van der Waals surface area contributed by atoms with Gasteiger partial charge in [-0.15, -0.1) is 0 Å². The fraction of sp³-hybridized carbons (Fsp3) is 0.500. The number of rotatable bonds is 6. The van der Waals surface area contributed by atoms with E-state index in [9.17, 15) is 9.90 Å². The van der Waals surface area contributed by atoms with Gasteiger partial charge in [0.05, 0.1) is 12.1 Å². The maximum absolute atomic E-state index is 12.1. The number of likely N-dealkylation sites (tertiary alicyclic amines) is 1. The zero-order valence-electron chi connectivity index (χ0n) is 15.9. The number of nitrogens with one attached hydrogen (secondary N) is 2. The monoisotopic (exact) mass is 371 g/mol. The third kappa shape index (κ3) is 5.01. The molecule has 1 aromatic rings. The molecule has 0 saturated carbocycles. The van der Waals surface area contributed by atoms with Crippen LogP contribution in [0.5, 0.6) is 5.75 Å². The van der Waals surface area contributed by atoms with E-state index in [0.29, 0.717) is 19.1 Å². The first-order valence-corrected chi connectivity index (χ1v) is 9.67. The largest absolute Gasteiger partial charge is 0.507 e. The summed E-state index contributed by atoms with van der Waals surface area (Å²) in [5, 5.41) is 15.9. The fourth-order valence-corrected chi connectivity index (χ4v) is 3.54. The van der Waals surface area contributed by atoms with Gasteiger partial charge in [-0.2, -0.15) is 0 Å². The summed E-state index contributed by atoms with van der Waals surface area (Å²) in [5.41, 5.74) is 0.287. The molecule has 1 unspecified atom stereocenters. The molecule has 0 aliphatic carbocycles. The molecule has 7 nitrogen and oxygen atoms in total. The Morgan fingerprint density at radius 3 is 2.78 bits per heavy atom. The lowest BCUT2D eigenvalue weighted by Gasteiger charge is -2.25. The number of carbonyl (C=O) groups excluding carboxylic acids is 1. The second-order valence-electron chi connectivity index (χ2n) is 6.82. The molecular formula is C20H29N5O2. The van der Waals surface area contributed by atoms with Crippen LogP contribution in [0.3, 0.4) is 0 Å². The average Bonchev–Trinajstić information content (AvgIpc) is 3.36. The summed E-state index contributed by atoms with van der Waals surface area (Å²) in [5.74, 6) is 0.617. The second kappa shape index (κ2) is 9.41. The van der Waals surface area contributed by atoms with Crippen molar-refractivity contribution < 1.29 is 9.90 Å². The highest BCUT2D eigenvalue weighted by Gasteiger charge is 2.29. The molecule has 0 radical (unpaired) electrons. The van der Waals surface area contributed by atoms with E-state index in [2.05, 4.69) is 44.5 Å². The minimum atomic E-state index is -0.281. The highest BCUT2D eigenvalue weighted by atomic mass is 16.3. The summed E-state index contributed by atoms with van der Waals surface area (Å²) >= 11 is 0. The van der Waals surface area contributed by atoms with Crippen LogP contribution >= 0.6 is 0 Å². The average molecular weight is 371 g/mol. The van der Waals surface area contributed by atoms with E-state index in [1.807, 2.05) is 0 Å². The van der Waals surface area contributed by atoms with Crippen molar-refractivity contribution in [1.29, 1.82) is 0 Å². The lowest BCUT2D eigenvalue weighted by molar-refractivity contribution is 0.0952. The van der Waals surface area contributed by atoms with Crippen LogP contribution in [0.2, 0.25) is 0 Å². The number of benzene rings is 1. The molecule has 0 aromatic heterocycles. The number of hydrogen-bond donors (Lipinski definition) is 3. The molecule has 1 amide bonds. The molecule has 0 spiro atoms. The van der Waals surface area contributed by atoms with E-state index in [1.54, 1.807) is 18.2 Å². The molecule has 2 heterocycles. The summed E-state index contributed by atoms with van der Waals surface area (Å²) in [7, 11) is 0. The van der Waals surface area contributed by atoms with Gasteiger partial charge in [0, 0.05) is 45.3 Å². The Morgan fingerprint density at radius 2 is 2.04 bits per heavy atom. The van der Waals surface area contributed by atoms with Crippen LogP contribution in [0.4, 0.5) is 0 Å². The Kier molecular flexibility index (Phi) is 6.70. The van der Waals surface area contributed by atoms with Crippen molar-refractivity contribution in [3.8, 4) is 5.75 Å². The molecule has 2 aliphatic rings. The van der Waals surface area contributed by atoms with Crippen LogP contribution in [0, 0.1) is 0 Å². The molecule has 1 atom stereocenters. The summed E-state index contributed by atoms with van der Waals surface area (Å²) < 4.78 is 0. The van der Waals surface area contributed by atoms with Gasteiger partial charge >= 0.3 is 0 Å². The standard InChI is InChI=1S/C20H29N5O2/c1-2-21-20(25-14-9-16(15-25)24-12-5-6-13-24)23-11-10-22-19(27)17-7-3-4-8-18(17)26/h3-8,16,26H,2,9-15H2,1H3,(H,21,23)(H,22,27). The van der Waals surface area contributed by atoms with Crippen LogP contribution in [-0.2, 0) is 0 Å². The number of aromatic hydroxyl groups is 1.